The molecule has 0 fully saturated rings. The number of carboxylic acid groups (broad SMARTS) is 4. The molecule has 3 heterocycles. The molecule has 3 aromatic heterocycles. The van der Waals surface area contributed by atoms with Crippen molar-refractivity contribution in [1.29, 1.82) is 0 Å². The van der Waals surface area contributed by atoms with Gasteiger partial charge in [-0.1, -0.05) is 24.3 Å². The van der Waals surface area contributed by atoms with Crippen LogP contribution in [0.25, 0.3) is 23.0 Å². The van der Waals surface area contributed by atoms with Crippen LogP contribution >= 0.6 is 12.2 Å². The number of hydrogen-bond acceptors (Lipinski definition) is 13. The molecular weight excluding hydrogens is 791 g/mol. The van der Waals surface area contributed by atoms with Gasteiger partial charge < -0.3 is 40.4 Å². The second-order valence-electron chi connectivity index (χ2n) is 10.2. The Balaban J connectivity index is 0.00000625. The first kappa shape index (κ1) is 38.0. The first-order valence-corrected chi connectivity index (χ1v) is 14.2. The third kappa shape index (κ3) is 11.7. The van der Waals surface area contributed by atoms with Gasteiger partial charge in [-0.2, -0.15) is 4.99 Å². The zero-order valence-corrected chi connectivity index (χ0v) is 27.8. The third-order valence-corrected chi connectivity index (χ3v) is 6.53. The van der Waals surface area contributed by atoms with Crippen LogP contribution in [-0.2, 0) is 38.7 Å². The molecule has 0 saturated carbocycles. The fourth-order valence-electron chi connectivity index (χ4n) is 4.60. The van der Waals surface area contributed by atoms with Crippen molar-refractivity contribution >= 4 is 46.9 Å². The minimum Gasteiger partial charge on any atom is -0.549 e. The number of thiocarbonyl (C=S) groups is 1. The van der Waals surface area contributed by atoms with E-state index in [2.05, 4.69) is 47.5 Å². The van der Waals surface area contributed by atoms with Crippen molar-refractivity contribution in [1.82, 2.24) is 34.9 Å². The molecule has 0 unspecified atom stereocenters. The Kier molecular flexibility index (Phi) is 14.4. The number of aliphatic imine (C=N–C) groups is 1. The van der Waals surface area contributed by atoms with Crippen LogP contribution in [0.1, 0.15) is 22.5 Å². The van der Waals surface area contributed by atoms with Crippen LogP contribution in [0, 0.1) is 38.6 Å². The molecule has 48 heavy (non-hydrogen) atoms. The van der Waals surface area contributed by atoms with E-state index in [0.717, 1.165) is 10.5 Å². The molecule has 0 aliphatic carbocycles. The first-order chi connectivity index (χ1) is 22.5. The van der Waals surface area contributed by atoms with Gasteiger partial charge in [-0.3, -0.25) is 34.2 Å². The zero-order chi connectivity index (χ0) is 33.9. The molecule has 1 aromatic carbocycles. The zero-order valence-electron chi connectivity index (χ0n) is 24.8. The average Bonchev–Trinajstić information content (AvgIpc) is 3.48. The molecule has 3 N–H and O–H groups in total. The molecule has 0 amide bonds. The van der Waals surface area contributed by atoms with Crippen LogP contribution < -0.4 is 10.1 Å². The summed E-state index contributed by atoms with van der Waals surface area (Å²) in [6, 6.07) is 15.5. The smallest absolute Gasteiger partial charge is 0.549 e. The molecule has 0 radical (unpaired) electrons. The summed E-state index contributed by atoms with van der Waals surface area (Å²) in [5.41, 5.74) is 3.54. The Labute approximate surface area is 309 Å². The number of aromatic nitrogens is 5. The minimum atomic E-state index is -1.44. The van der Waals surface area contributed by atoms with E-state index in [1.54, 1.807) is 42.5 Å². The fraction of sp³-hybridized carbons (Fsp3) is 0.233. The van der Waals surface area contributed by atoms with Crippen molar-refractivity contribution < 1.29 is 78.2 Å². The molecule has 4 rings (SSSR count). The number of nitrogens with zero attached hydrogens (tertiary/aromatic N) is 8. The van der Waals surface area contributed by atoms with Gasteiger partial charge in [0.1, 0.15) is 0 Å². The molecule has 248 valence electrons. The van der Waals surface area contributed by atoms with Crippen LogP contribution in [0.3, 0.4) is 0 Å². The van der Waals surface area contributed by atoms with Crippen molar-refractivity contribution in [2.45, 2.75) is 19.5 Å². The van der Waals surface area contributed by atoms with E-state index in [1.807, 2.05) is 12.1 Å². The number of hydrogen-bond donors (Lipinski definition) is 3. The van der Waals surface area contributed by atoms with E-state index < -0.39 is 50.1 Å². The molecule has 0 spiro atoms. The Morgan fingerprint density at radius 2 is 1.38 bits per heavy atom. The number of pyridine rings is 2. The third-order valence-electron chi connectivity index (χ3n) is 6.44. The van der Waals surface area contributed by atoms with E-state index >= 15 is 0 Å². The molecular formula is C30H26N8O8STb+. The first-order valence-electron chi connectivity index (χ1n) is 13.8. The van der Waals surface area contributed by atoms with Crippen molar-refractivity contribution in [2.24, 2.45) is 4.99 Å². The molecule has 0 aliphatic rings. The van der Waals surface area contributed by atoms with E-state index in [9.17, 15) is 34.5 Å². The van der Waals surface area contributed by atoms with Crippen molar-refractivity contribution in [2.75, 3.05) is 26.2 Å². The number of benzene rings is 1. The fourth-order valence-corrected chi connectivity index (χ4v) is 4.71. The van der Waals surface area contributed by atoms with E-state index in [4.69, 9.17) is 5.11 Å². The molecule has 0 aliphatic heterocycles. The molecule has 0 bridgehead atoms. The number of rotatable bonds is 17. The van der Waals surface area contributed by atoms with Gasteiger partial charge in [-0.25, -0.2) is 0 Å². The van der Waals surface area contributed by atoms with Crippen LogP contribution in [0.4, 0.5) is 5.69 Å². The molecule has 18 heteroatoms. The van der Waals surface area contributed by atoms with Gasteiger partial charge in [0, 0.05) is 31.3 Å². The monoisotopic (exact) mass is 817 g/mol. The second-order valence-corrected chi connectivity index (χ2v) is 10.4. The summed E-state index contributed by atoms with van der Waals surface area (Å²) < 4.78 is 0. The van der Waals surface area contributed by atoms with Crippen LogP contribution in [-0.4, -0.2) is 101 Å². The summed E-state index contributed by atoms with van der Waals surface area (Å²) in [4.78, 5) is 65.0. The van der Waals surface area contributed by atoms with Gasteiger partial charge in [-0.05, 0) is 60.1 Å². The predicted molar refractivity (Wildman–Crippen MR) is 164 cm³/mol. The van der Waals surface area contributed by atoms with Gasteiger partial charge in [0.25, 0.3) is 0 Å². The van der Waals surface area contributed by atoms with Gasteiger partial charge in [0.05, 0.1) is 59.2 Å². The summed E-state index contributed by atoms with van der Waals surface area (Å²) in [6.07, 6.45) is 0.383. The van der Waals surface area contributed by atoms with Crippen molar-refractivity contribution in [3.63, 3.8) is 0 Å². The normalized spacial score (nSPS) is 10.7. The number of carbonyl (C=O) groups excluding carboxylic acids is 1. The van der Waals surface area contributed by atoms with E-state index in [1.165, 1.54) is 4.90 Å². The summed E-state index contributed by atoms with van der Waals surface area (Å²) in [7, 11) is 0. The number of isothiocyanates is 1. The topological polar surface area (TPSA) is 237 Å². The standard InChI is InChI=1S/C30H28N8O8S.Tb/c39-24(40)13-37(14-25(41)42)11-21-2-1-3-23(32-21)29-34-30(36-35-29)28-19(10-18-4-7-20(8-5-18)31-17-47)6-9-22(33-28)12-38(15-26(43)44)16-27(45)46;/h1-9H,10-16H2,(H5,32,33,34,35,36,39,40,41,42,43,44,45,46);/q;+3/p-2. The van der Waals surface area contributed by atoms with Gasteiger partial charge in [0.15, 0.2) is 0 Å². The number of carboxylic acids is 4. The van der Waals surface area contributed by atoms with Crippen LogP contribution in [0.15, 0.2) is 59.6 Å². The minimum absolute atomic E-state index is 0. The maximum absolute atomic E-state index is 11.3. The predicted octanol–water partition coefficient (Wildman–Crippen LogP) is 0.491. The Hall–Kier alpha value is -4.45. The summed E-state index contributed by atoms with van der Waals surface area (Å²) in [6.45, 7) is -2.37. The SMILES string of the molecule is O=C([O-])CN(CC(=O)O)Cc1cccc(-c2nnc(-c3nc(CN(CC(=O)O)CC(=O)O)ccc3Cc3ccc(N=C=S)cc3)[n-]2)n1.[Tb+3]. The summed E-state index contributed by atoms with van der Waals surface area (Å²) in [5.74, 6) is -4.80. The van der Waals surface area contributed by atoms with Crippen molar-refractivity contribution in [3.05, 3.63) is 77.1 Å². The Morgan fingerprint density at radius 3 is 1.96 bits per heavy atom. The number of carbonyl (C=O) groups is 4. The van der Waals surface area contributed by atoms with E-state index in [0.29, 0.717) is 34.8 Å². The largest absolute Gasteiger partial charge is 3.00 e. The Morgan fingerprint density at radius 1 is 0.792 bits per heavy atom. The second kappa shape index (κ2) is 18.2. The number of aliphatic carboxylic acids is 4. The summed E-state index contributed by atoms with van der Waals surface area (Å²) in [5, 5.41) is 49.4. The molecule has 0 atom stereocenters. The van der Waals surface area contributed by atoms with E-state index in [-0.39, 0.29) is 69.0 Å². The summed E-state index contributed by atoms with van der Waals surface area (Å²) >= 11 is 4.66. The maximum atomic E-state index is 11.3. The van der Waals surface area contributed by atoms with Crippen LogP contribution in [0.5, 0.6) is 0 Å². The van der Waals surface area contributed by atoms with Crippen molar-refractivity contribution in [3.8, 4) is 23.0 Å². The Bertz CT molecular complexity index is 1800. The maximum Gasteiger partial charge on any atom is 3.00 e. The molecule has 0 saturated heterocycles. The molecule has 16 nitrogen and oxygen atoms in total. The van der Waals surface area contributed by atoms with Gasteiger partial charge >= 0.3 is 56.5 Å². The molecule has 4 aromatic rings. The van der Waals surface area contributed by atoms with Crippen LogP contribution in [0.2, 0.25) is 0 Å². The van der Waals surface area contributed by atoms with Gasteiger partial charge in [0.2, 0.25) is 0 Å². The average molecular weight is 818 g/mol. The quantitative estimate of drug-likeness (QED) is 0.0971. The van der Waals surface area contributed by atoms with Gasteiger partial charge in [-0.15, -0.1) is 0 Å².